The number of anilines is 1. The molecular formula is C9H17N3OS. The first-order valence-corrected chi connectivity index (χ1v) is 5.84. The molecule has 0 amide bonds. The number of aromatic nitrogens is 2. The highest BCUT2D eigenvalue weighted by atomic mass is 32.1. The van der Waals surface area contributed by atoms with E-state index in [1.807, 2.05) is 0 Å². The van der Waals surface area contributed by atoms with Crippen molar-refractivity contribution in [2.45, 2.75) is 32.8 Å². The highest BCUT2D eigenvalue weighted by molar-refractivity contribution is 7.13. The average molecular weight is 215 g/mol. The summed E-state index contributed by atoms with van der Waals surface area (Å²) in [6, 6.07) is 0. The summed E-state index contributed by atoms with van der Waals surface area (Å²) in [7, 11) is 0. The maximum absolute atomic E-state index is 9.80. The van der Waals surface area contributed by atoms with Crippen LogP contribution < -0.4 is 5.32 Å². The molecule has 0 spiro atoms. The van der Waals surface area contributed by atoms with Crippen LogP contribution in [0.5, 0.6) is 0 Å². The van der Waals surface area contributed by atoms with E-state index in [9.17, 15) is 5.11 Å². The third-order valence-corrected chi connectivity index (χ3v) is 3.06. The van der Waals surface area contributed by atoms with Gasteiger partial charge in [-0.1, -0.05) is 38.0 Å². The summed E-state index contributed by atoms with van der Waals surface area (Å²) in [5.41, 5.74) is 1.67. The molecular weight excluding hydrogens is 198 g/mol. The highest BCUT2D eigenvalue weighted by Gasteiger charge is 2.15. The number of rotatable bonds is 6. The summed E-state index contributed by atoms with van der Waals surface area (Å²) in [6.07, 6.45) is 1.72. The second-order valence-corrected chi connectivity index (χ2v) is 4.10. The van der Waals surface area contributed by atoms with Crippen molar-refractivity contribution < 1.29 is 5.11 Å². The minimum Gasteiger partial charge on any atom is -0.391 e. The van der Waals surface area contributed by atoms with E-state index in [2.05, 4.69) is 29.4 Å². The van der Waals surface area contributed by atoms with Crippen molar-refractivity contribution in [2.75, 3.05) is 11.9 Å². The van der Waals surface area contributed by atoms with Crippen LogP contribution in [0.15, 0.2) is 5.51 Å². The Bertz CT molecular complexity index is 236. The number of nitrogens with zero attached hydrogens (tertiary/aromatic N) is 2. The Morgan fingerprint density at radius 1 is 1.50 bits per heavy atom. The van der Waals surface area contributed by atoms with Gasteiger partial charge in [-0.05, 0) is 5.92 Å². The van der Waals surface area contributed by atoms with Gasteiger partial charge >= 0.3 is 0 Å². The number of aliphatic hydroxyl groups is 1. The van der Waals surface area contributed by atoms with Crippen LogP contribution in [0.25, 0.3) is 0 Å². The van der Waals surface area contributed by atoms with E-state index >= 15 is 0 Å². The molecule has 4 nitrogen and oxygen atoms in total. The van der Waals surface area contributed by atoms with Crippen molar-refractivity contribution in [1.29, 1.82) is 0 Å². The molecule has 1 rings (SSSR count). The van der Waals surface area contributed by atoms with Crippen LogP contribution >= 0.6 is 11.3 Å². The van der Waals surface area contributed by atoms with Gasteiger partial charge in [-0.25, -0.2) is 0 Å². The van der Waals surface area contributed by atoms with Crippen LogP contribution in [0.2, 0.25) is 0 Å². The summed E-state index contributed by atoms with van der Waals surface area (Å²) in [5, 5.41) is 21.2. The number of hydrogen-bond donors (Lipinski definition) is 2. The number of aliphatic hydroxyl groups excluding tert-OH is 1. The van der Waals surface area contributed by atoms with Gasteiger partial charge in [0, 0.05) is 6.54 Å². The summed E-state index contributed by atoms with van der Waals surface area (Å²) < 4.78 is 0. The molecule has 1 aromatic heterocycles. The van der Waals surface area contributed by atoms with Crippen molar-refractivity contribution in [3.63, 3.8) is 0 Å². The summed E-state index contributed by atoms with van der Waals surface area (Å²) in [4.78, 5) is 0. The van der Waals surface area contributed by atoms with Gasteiger partial charge in [0.25, 0.3) is 0 Å². The zero-order valence-electron chi connectivity index (χ0n) is 8.60. The fourth-order valence-electron chi connectivity index (χ4n) is 1.44. The zero-order chi connectivity index (χ0) is 10.4. The van der Waals surface area contributed by atoms with Crippen LogP contribution in [-0.4, -0.2) is 28.0 Å². The zero-order valence-corrected chi connectivity index (χ0v) is 9.42. The van der Waals surface area contributed by atoms with Crippen molar-refractivity contribution in [1.82, 2.24) is 10.2 Å². The van der Waals surface area contributed by atoms with Crippen LogP contribution in [0.4, 0.5) is 5.13 Å². The van der Waals surface area contributed by atoms with Gasteiger partial charge in [0.2, 0.25) is 5.13 Å². The van der Waals surface area contributed by atoms with Crippen molar-refractivity contribution in [3.05, 3.63) is 5.51 Å². The van der Waals surface area contributed by atoms with Crippen LogP contribution in [0.1, 0.15) is 26.7 Å². The first-order valence-electron chi connectivity index (χ1n) is 4.96. The second kappa shape index (κ2) is 5.93. The molecule has 14 heavy (non-hydrogen) atoms. The van der Waals surface area contributed by atoms with Gasteiger partial charge in [-0.15, -0.1) is 10.2 Å². The maximum atomic E-state index is 9.80. The first-order chi connectivity index (χ1) is 6.77. The topological polar surface area (TPSA) is 58.0 Å². The molecule has 0 saturated carbocycles. The lowest BCUT2D eigenvalue weighted by atomic mass is 9.97. The monoisotopic (exact) mass is 215 g/mol. The Morgan fingerprint density at radius 3 is 2.71 bits per heavy atom. The van der Waals surface area contributed by atoms with Crippen molar-refractivity contribution >= 4 is 16.5 Å². The largest absolute Gasteiger partial charge is 0.391 e. The smallest absolute Gasteiger partial charge is 0.205 e. The molecule has 2 N–H and O–H groups in total. The fraction of sp³-hybridized carbons (Fsp3) is 0.778. The molecule has 0 fully saturated rings. The normalized spacial score (nSPS) is 13.1. The van der Waals surface area contributed by atoms with Gasteiger partial charge in [0.15, 0.2) is 0 Å². The molecule has 5 heteroatoms. The Hall–Kier alpha value is -0.680. The first kappa shape index (κ1) is 11.4. The lowest BCUT2D eigenvalue weighted by Crippen LogP contribution is -2.27. The van der Waals surface area contributed by atoms with Gasteiger partial charge in [-0.3, -0.25) is 0 Å². The summed E-state index contributed by atoms with van der Waals surface area (Å²) in [6.45, 7) is 4.76. The van der Waals surface area contributed by atoms with E-state index in [0.717, 1.165) is 18.0 Å². The molecule has 0 aliphatic carbocycles. The fourth-order valence-corrected chi connectivity index (χ4v) is 1.90. The number of hydrogen-bond acceptors (Lipinski definition) is 5. The predicted octanol–water partition coefficient (Wildman–Crippen LogP) is 1.75. The molecule has 0 aliphatic heterocycles. The maximum Gasteiger partial charge on any atom is 0.205 e. The average Bonchev–Trinajstić information content (AvgIpc) is 2.69. The van der Waals surface area contributed by atoms with E-state index in [4.69, 9.17) is 0 Å². The highest BCUT2D eigenvalue weighted by Crippen LogP contribution is 2.14. The standard InChI is InChI=1S/C9H17N3OS/c1-3-7(4-2)8(13)5-10-9-12-11-6-14-9/h6-8,13H,3-5H2,1-2H3,(H,10,12). The molecule has 1 heterocycles. The van der Waals surface area contributed by atoms with Gasteiger partial charge in [-0.2, -0.15) is 0 Å². The van der Waals surface area contributed by atoms with Crippen LogP contribution in [0, 0.1) is 5.92 Å². The van der Waals surface area contributed by atoms with E-state index in [1.54, 1.807) is 5.51 Å². The molecule has 1 aromatic rings. The van der Waals surface area contributed by atoms with E-state index in [1.165, 1.54) is 11.3 Å². The van der Waals surface area contributed by atoms with Crippen LogP contribution in [0.3, 0.4) is 0 Å². The van der Waals surface area contributed by atoms with E-state index in [0.29, 0.717) is 12.5 Å². The molecule has 0 bridgehead atoms. The second-order valence-electron chi connectivity index (χ2n) is 3.27. The van der Waals surface area contributed by atoms with Gasteiger partial charge in [0.1, 0.15) is 5.51 Å². The molecule has 80 valence electrons. The minimum absolute atomic E-state index is 0.297. The SMILES string of the molecule is CCC(CC)C(O)CNc1nncs1. The summed E-state index contributed by atoms with van der Waals surface area (Å²) >= 11 is 1.45. The Kier molecular flexibility index (Phi) is 4.82. The summed E-state index contributed by atoms with van der Waals surface area (Å²) in [5.74, 6) is 0.371. The van der Waals surface area contributed by atoms with Crippen molar-refractivity contribution in [2.24, 2.45) is 5.92 Å². The predicted molar refractivity (Wildman–Crippen MR) is 58.5 cm³/mol. The molecule has 0 aromatic carbocycles. The Labute approximate surface area is 88.4 Å². The third-order valence-electron chi connectivity index (χ3n) is 2.42. The lowest BCUT2D eigenvalue weighted by Gasteiger charge is -2.19. The molecule has 0 radical (unpaired) electrons. The van der Waals surface area contributed by atoms with E-state index < -0.39 is 0 Å². The Balaban J connectivity index is 2.30. The minimum atomic E-state index is -0.297. The third kappa shape index (κ3) is 3.23. The Morgan fingerprint density at radius 2 is 2.21 bits per heavy atom. The van der Waals surface area contributed by atoms with Gasteiger partial charge < -0.3 is 10.4 Å². The molecule has 1 atom stereocenters. The molecule has 0 saturated heterocycles. The molecule has 1 unspecified atom stereocenters. The lowest BCUT2D eigenvalue weighted by molar-refractivity contribution is 0.114. The molecule has 0 aliphatic rings. The number of nitrogens with one attached hydrogen (secondary N) is 1. The van der Waals surface area contributed by atoms with Crippen molar-refractivity contribution in [3.8, 4) is 0 Å². The van der Waals surface area contributed by atoms with E-state index in [-0.39, 0.29) is 6.10 Å². The van der Waals surface area contributed by atoms with Gasteiger partial charge in [0.05, 0.1) is 6.10 Å². The quantitative estimate of drug-likeness (QED) is 0.759. The van der Waals surface area contributed by atoms with Crippen LogP contribution in [-0.2, 0) is 0 Å².